The molecule has 0 fully saturated rings. The molecule has 126 valence electrons. The molecule has 0 bridgehead atoms. The van der Waals surface area contributed by atoms with Gasteiger partial charge in [-0.15, -0.1) is 0 Å². The number of aryl methyl sites for hydroxylation is 1. The van der Waals surface area contributed by atoms with E-state index in [0.717, 1.165) is 35.3 Å². The fraction of sp³-hybridized carbons (Fsp3) is 0.238. The smallest absolute Gasteiger partial charge is 0.256 e. The standard InChI is InChI=1S/C21H20N2O2/c1-14-19(12-17-11-18(25-2)7-8-20(17)22-14)21(24)23-10-9-15-5-3-4-6-16(15)13-23/h3-8,11-12H,9-10,13H2,1-2H3. The van der Waals surface area contributed by atoms with E-state index in [9.17, 15) is 4.79 Å². The maximum Gasteiger partial charge on any atom is 0.256 e. The summed E-state index contributed by atoms with van der Waals surface area (Å²) in [6.07, 6.45) is 0.899. The van der Waals surface area contributed by atoms with E-state index in [1.54, 1.807) is 7.11 Å². The molecule has 4 heteroatoms. The van der Waals surface area contributed by atoms with Crippen LogP contribution in [0.2, 0.25) is 0 Å². The van der Waals surface area contributed by atoms with Crippen molar-refractivity contribution in [1.82, 2.24) is 9.88 Å². The van der Waals surface area contributed by atoms with Gasteiger partial charge in [0.1, 0.15) is 5.75 Å². The van der Waals surface area contributed by atoms with E-state index in [-0.39, 0.29) is 5.91 Å². The lowest BCUT2D eigenvalue weighted by atomic mass is 9.99. The largest absolute Gasteiger partial charge is 0.497 e. The SMILES string of the molecule is COc1ccc2nc(C)c(C(=O)N3CCc4ccccc4C3)cc2c1. The number of hydrogen-bond donors (Lipinski definition) is 0. The fourth-order valence-corrected chi connectivity index (χ4v) is 3.43. The van der Waals surface area contributed by atoms with Gasteiger partial charge in [-0.25, -0.2) is 0 Å². The minimum Gasteiger partial charge on any atom is -0.497 e. The maximum absolute atomic E-state index is 13.1. The molecule has 0 N–H and O–H groups in total. The van der Waals surface area contributed by atoms with E-state index in [4.69, 9.17) is 4.74 Å². The Morgan fingerprint density at radius 3 is 2.72 bits per heavy atom. The molecule has 0 atom stereocenters. The quantitative estimate of drug-likeness (QED) is 0.718. The molecular weight excluding hydrogens is 312 g/mol. The van der Waals surface area contributed by atoms with E-state index in [2.05, 4.69) is 23.2 Å². The van der Waals surface area contributed by atoms with Crippen molar-refractivity contribution in [3.63, 3.8) is 0 Å². The first kappa shape index (κ1) is 15.6. The fourth-order valence-electron chi connectivity index (χ4n) is 3.43. The lowest BCUT2D eigenvalue weighted by Crippen LogP contribution is -2.36. The zero-order chi connectivity index (χ0) is 17.4. The summed E-state index contributed by atoms with van der Waals surface area (Å²) in [7, 11) is 1.64. The second kappa shape index (κ2) is 6.20. The van der Waals surface area contributed by atoms with E-state index in [0.29, 0.717) is 12.1 Å². The first-order valence-corrected chi connectivity index (χ1v) is 8.47. The molecule has 1 amide bonds. The van der Waals surface area contributed by atoms with Crippen LogP contribution < -0.4 is 4.74 Å². The van der Waals surface area contributed by atoms with Gasteiger partial charge in [0.05, 0.1) is 23.9 Å². The Bertz CT molecular complexity index is 965. The number of rotatable bonds is 2. The Morgan fingerprint density at radius 2 is 1.92 bits per heavy atom. The lowest BCUT2D eigenvalue weighted by molar-refractivity contribution is 0.0733. The van der Waals surface area contributed by atoms with Crippen molar-refractivity contribution in [3.05, 3.63) is 70.9 Å². The number of pyridine rings is 1. The molecule has 3 aromatic rings. The third-order valence-corrected chi connectivity index (χ3v) is 4.86. The Morgan fingerprint density at radius 1 is 1.12 bits per heavy atom. The molecule has 0 spiro atoms. The molecule has 1 aromatic heterocycles. The van der Waals surface area contributed by atoms with Crippen molar-refractivity contribution in [3.8, 4) is 5.75 Å². The summed E-state index contributed by atoms with van der Waals surface area (Å²) in [5.41, 5.74) is 4.88. The molecule has 1 aliphatic rings. The van der Waals surface area contributed by atoms with Crippen LogP contribution in [0.3, 0.4) is 0 Å². The number of hydrogen-bond acceptors (Lipinski definition) is 3. The second-order valence-electron chi connectivity index (χ2n) is 6.43. The molecule has 0 aliphatic carbocycles. The zero-order valence-corrected chi connectivity index (χ0v) is 14.5. The van der Waals surface area contributed by atoms with Gasteiger partial charge >= 0.3 is 0 Å². The molecule has 2 heterocycles. The second-order valence-corrected chi connectivity index (χ2v) is 6.43. The Kier molecular flexibility index (Phi) is 3.88. The summed E-state index contributed by atoms with van der Waals surface area (Å²) in [5.74, 6) is 0.813. The number of nitrogens with zero attached hydrogens (tertiary/aromatic N) is 2. The molecule has 2 aromatic carbocycles. The van der Waals surface area contributed by atoms with Gasteiger partial charge in [0.25, 0.3) is 5.91 Å². The van der Waals surface area contributed by atoms with Crippen LogP contribution >= 0.6 is 0 Å². The minimum atomic E-state index is 0.0456. The number of ether oxygens (including phenoxy) is 1. The van der Waals surface area contributed by atoms with Crippen LogP contribution in [0.25, 0.3) is 10.9 Å². The van der Waals surface area contributed by atoms with Gasteiger partial charge in [0.2, 0.25) is 0 Å². The zero-order valence-electron chi connectivity index (χ0n) is 14.5. The molecule has 1 aliphatic heterocycles. The number of methoxy groups -OCH3 is 1. The average Bonchev–Trinajstić information content (AvgIpc) is 2.66. The summed E-state index contributed by atoms with van der Waals surface area (Å²) in [6, 6.07) is 16.0. The highest BCUT2D eigenvalue weighted by molar-refractivity contribution is 5.99. The monoisotopic (exact) mass is 332 g/mol. The highest BCUT2D eigenvalue weighted by Gasteiger charge is 2.23. The van der Waals surface area contributed by atoms with Gasteiger partial charge in [-0.3, -0.25) is 9.78 Å². The van der Waals surface area contributed by atoms with E-state index in [1.165, 1.54) is 11.1 Å². The first-order valence-electron chi connectivity index (χ1n) is 8.47. The van der Waals surface area contributed by atoms with Crippen molar-refractivity contribution >= 4 is 16.8 Å². The van der Waals surface area contributed by atoms with Crippen LogP contribution in [0.5, 0.6) is 5.75 Å². The normalized spacial score (nSPS) is 13.6. The number of benzene rings is 2. The number of carbonyl (C=O) groups excluding carboxylic acids is 1. The number of carbonyl (C=O) groups is 1. The van der Waals surface area contributed by atoms with Crippen molar-refractivity contribution in [1.29, 1.82) is 0 Å². The van der Waals surface area contributed by atoms with E-state index in [1.807, 2.05) is 42.2 Å². The van der Waals surface area contributed by atoms with Crippen LogP contribution in [-0.2, 0) is 13.0 Å². The predicted molar refractivity (Wildman–Crippen MR) is 97.9 cm³/mol. The number of aromatic nitrogens is 1. The first-order chi connectivity index (χ1) is 12.2. The summed E-state index contributed by atoms with van der Waals surface area (Å²) in [6.45, 7) is 3.30. The summed E-state index contributed by atoms with van der Waals surface area (Å²) in [5, 5.41) is 0.922. The van der Waals surface area contributed by atoms with Crippen LogP contribution in [0, 0.1) is 6.92 Å². The van der Waals surface area contributed by atoms with Gasteiger partial charge in [-0.2, -0.15) is 0 Å². The molecule has 4 nitrogen and oxygen atoms in total. The van der Waals surface area contributed by atoms with Crippen LogP contribution in [0.15, 0.2) is 48.5 Å². The van der Waals surface area contributed by atoms with Crippen molar-refractivity contribution in [2.75, 3.05) is 13.7 Å². The maximum atomic E-state index is 13.1. The Balaban J connectivity index is 1.69. The third kappa shape index (κ3) is 2.84. The number of fused-ring (bicyclic) bond motifs is 2. The minimum absolute atomic E-state index is 0.0456. The molecule has 25 heavy (non-hydrogen) atoms. The van der Waals surface area contributed by atoms with Gasteiger partial charge in [-0.1, -0.05) is 24.3 Å². The predicted octanol–water partition coefficient (Wildman–Crippen LogP) is 3.75. The molecule has 0 radical (unpaired) electrons. The lowest BCUT2D eigenvalue weighted by Gasteiger charge is -2.29. The topological polar surface area (TPSA) is 42.4 Å². The molecule has 0 saturated carbocycles. The van der Waals surface area contributed by atoms with Gasteiger partial charge in [0.15, 0.2) is 0 Å². The van der Waals surface area contributed by atoms with E-state index < -0.39 is 0 Å². The van der Waals surface area contributed by atoms with Gasteiger partial charge < -0.3 is 9.64 Å². The van der Waals surface area contributed by atoms with E-state index >= 15 is 0 Å². The molecule has 0 saturated heterocycles. The van der Waals surface area contributed by atoms with Crippen molar-refractivity contribution in [2.45, 2.75) is 19.9 Å². The van der Waals surface area contributed by atoms with Crippen LogP contribution in [-0.4, -0.2) is 29.4 Å². The number of amides is 1. The summed E-state index contributed by atoms with van der Waals surface area (Å²) >= 11 is 0. The van der Waals surface area contributed by atoms with Crippen molar-refractivity contribution in [2.24, 2.45) is 0 Å². The summed E-state index contributed by atoms with van der Waals surface area (Å²) < 4.78 is 5.29. The third-order valence-electron chi connectivity index (χ3n) is 4.86. The summed E-state index contributed by atoms with van der Waals surface area (Å²) in [4.78, 5) is 19.6. The van der Waals surface area contributed by atoms with Crippen LogP contribution in [0.1, 0.15) is 27.2 Å². The molecule has 4 rings (SSSR count). The average molecular weight is 332 g/mol. The van der Waals surface area contributed by atoms with Gasteiger partial charge in [-0.05, 0) is 48.7 Å². The Hall–Kier alpha value is -2.88. The molecule has 0 unspecified atom stereocenters. The van der Waals surface area contributed by atoms with Crippen LogP contribution in [0.4, 0.5) is 0 Å². The van der Waals surface area contributed by atoms with Gasteiger partial charge in [0, 0.05) is 18.5 Å². The van der Waals surface area contributed by atoms with Crippen molar-refractivity contribution < 1.29 is 9.53 Å². The Labute approximate surface area is 147 Å². The highest BCUT2D eigenvalue weighted by atomic mass is 16.5. The highest BCUT2D eigenvalue weighted by Crippen LogP contribution is 2.25. The molecular formula is C21H20N2O2.